The monoisotopic (exact) mass is 496 g/mol. The fourth-order valence-corrected chi connectivity index (χ4v) is 4.66. The van der Waals surface area contributed by atoms with Gasteiger partial charge in [-0.1, -0.05) is 12.1 Å². The SMILES string of the molecule is CCNC(=O)Nc1ccc(-c2nc(-c3ccccc3S(C)(=O)=O)nc(N3CCOCC3C)n2)cc1. The Labute approximate surface area is 204 Å². The first-order valence-electron chi connectivity index (χ1n) is 11.3. The molecule has 0 spiro atoms. The normalized spacial score (nSPS) is 16.1. The summed E-state index contributed by atoms with van der Waals surface area (Å²) in [5.41, 5.74) is 1.74. The van der Waals surface area contributed by atoms with E-state index >= 15 is 0 Å². The molecular formula is C24H28N6O4S. The van der Waals surface area contributed by atoms with E-state index in [2.05, 4.69) is 20.6 Å². The number of carbonyl (C=O) groups is 1. The largest absolute Gasteiger partial charge is 0.377 e. The van der Waals surface area contributed by atoms with Crippen molar-refractivity contribution in [1.29, 1.82) is 0 Å². The van der Waals surface area contributed by atoms with Gasteiger partial charge in [-0.2, -0.15) is 9.97 Å². The molecule has 3 aromatic rings. The molecule has 0 aliphatic carbocycles. The maximum atomic E-state index is 12.5. The number of sulfone groups is 1. The van der Waals surface area contributed by atoms with Gasteiger partial charge in [0.25, 0.3) is 0 Å². The van der Waals surface area contributed by atoms with E-state index in [1.165, 1.54) is 6.26 Å². The zero-order valence-electron chi connectivity index (χ0n) is 19.9. The summed E-state index contributed by atoms with van der Waals surface area (Å²) < 4.78 is 30.5. The van der Waals surface area contributed by atoms with Crippen molar-refractivity contribution in [2.75, 3.05) is 42.8 Å². The number of carbonyl (C=O) groups excluding carboxylic acids is 1. The molecule has 1 unspecified atom stereocenters. The van der Waals surface area contributed by atoms with Crippen LogP contribution < -0.4 is 15.5 Å². The number of nitrogens with zero attached hydrogens (tertiary/aromatic N) is 4. The van der Waals surface area contributed by atoms with E-state index in [0.29, 0.717) is 54.9 Å². The molecule has 1 aliphatic heterocycles. The summed E-state index contributed by atoms with van der Waals surface area (Å²) in [6.45, 7) is 6.07. The Morgan fingerprint density at radius 3 is 2.49 bits per heavy atom. The van der Waals surface area contributed by atoms with Crippen molar-refractivity contribution >= 4 is 27.5 Å². The summed E-state index contributed by atoms with van der Waals surface area (Å²) in [5.74, 6) is 1.12. The first-order chi connectivity index (χ1) is 16.8. The van der Waals surface area contributed by atoms with Crippen molar-refractivity contribution in [3.8, 4) is 22.8 Å². The van der Waals surface area contributed by atoms with Crippen LogP contribution in [-0.2, 0) is 14.6 Å². The van der Waals surface area contributed by atoms with Crippen molar-refractivity contribution < 1.29 is 17.9 Å². The van der Waals surface area contributed by atoms with Crippen LogP contribution in [0.4, 0.5) is 16.4 Å². The Bertz CT molecular complexity index is 1310. The van der Waals surface area contributed by atoms with E-state index in [0.717, 1.165) is 0 Å². The lowest BCUT2D eigenvalue weighted by atomic mass is 10.1. The van der Waals surface area contributed by atoms with Gasteiger partial charge in [-0.3, -0.25) is 0 Å². The van der Waals surface area contributed by atoms with Crippen LogP contribution in [0.5, 0.6) is 0 Å². The maximum Gasteiger partial charge on any atom is 0.319 e. The zero-order chi connectivity index (χ0) is 25.0. The van der Waals surface area contributed by atoms with Crippen LogP contribution in [0.2, 0.25) is 0 Å². The molecule has 2 N–H and O–H groups in total. The van der Waals surface area contributed by atoms with Crippen LogP contribution >= 0.6 is 0 Å². The molecule has 1 fully saturated rings. The third-order valence-corrected chi connectivity index (χ3v) is 6.67. The number of morpholine rings is 1. The number of hydrogen-bond donors (Lipinski definition) is 2. The van der Waals surface area contributed by atoms with Crippen LogP contribution in [0.3, 0.4) is 0 Å². The van der Waals surface area contributed by atoms with Crippen LogP contribution in [-0.4, -0.2) is 68.0 Å². The van der Waals surface area contributed by atoms with E-state index in [-0.39, 0.29) is 22.8 Å². The average molecular weight is 497 g/mol. The van der Waals surface area contributed by atoms with E-state index in [1.807, 2.05) is 18.7 Å². The molecule has 2 heterocycles. The predicted octanol–water partition coefficient (Wildman–Crippen LogP) is 2.98. The lowest BCUT2D eigenvalue weighted by Crippen LogP contribution is -2.44. The number of benzene rings is 2. The summed E-state index contributed by atoms with van der Waals surface area (Å²) >= 11 is 0. The predicted molar refractivity (Wildman–Crippen MR) is 134 cm³/mol. The Morgan fingerprint density at radius 1 is 1.09 bits per heavy atom. The van der Waals surface area contributed by atoms with Gasteiger partial charge in [-0.05, 0) is 50.2 Å². The molecule has 184 valence electrons. The molecule has 11 heteroatoms. The highest BCUT2D eigenvalue weighted by Gasteiger charge is 2.25. The average Bonchev–Trinajstić information content (AvgIpc) is 2.84. The number of hydrogen-bond acceptors (Lipinski definition) is 8. The van der Waals surface area contributed by atoms with Gasteiger partial charge in [0.1, 0.15) is 0 Å². The minimum absolute atomic E-state index is 0.0423. The van der Waals surface area contributed by atoms with Gasteiger partial charge in [0.2, 0.25) is 5.95 Å². The quantitative estimate of drug-likeness (QED) is 0.533. The summed E-state index contributed by atoms with van der Waals surface area (Å²) in [5, 5.41) is 5.44. The summed E-state index contributed by atoms with van der Waals surface area (Å²) in [7, 11) is -3.51. The Kier molecular flexibility index (Phi) is 7.27. The number of ether oxygens (including phenoxy) is 1. The second kappa shape index (κ2) is 10.4. The second-order valence-electron chi connectivity index (χ2n) is 8.23. The molecular weight excluding hydrogens is 468 g/mol. The highest BCUT2D eigenvalue weighted by molar-refractivity contribution is 7.90. The third kappa shape index (κ3) is 5.75. The van der Waals surface area contributed by atoms with Crippen LogP contribution in [0.15, 0.2) is 53.4 Å². The van der Waals surface area contributed by atoms with Crippen molar-refractivity contribution in [3.63, 3.8) is 0 Å². The zero-order valence-corrected chi connectivity index (χ0v) is 20.7. The molecule has 1 saturated heterocycles. The Balaban J connectivity index is 1.80. The lowest BCUT2D eigenvalue weighted by Gasteiger charge is -2.33. The fraction of sp³-hybridized carbons (Fsp3) is 0.333. The highest BCUT2D eigenvalue weighted by Crippen LogP contribution is 2.29. The summed E-state index contributed by atoms with van der Waals surface area (Å²) in [4.78, 5) is 28.0. The molecule has 0 saturated carbocycles. The molecule has 1 atom stereocenters. The standard InChI is InChI=1S/C24H28N6O4S/c1-4-25-24(31)26-18-11-9-17(10-12-18)21-27-22(19-7-5-6-8-20(19)35(3,32)33)29-23(28-21)30-13-14-34-15-16(30)2/h5-12,16H,4,13-15H2,1-3H3,(H2,25,26,31). The van der Waals surface area contributed by atoms with E-state index in [4.69, 9.17) is 9.72 Å². The van der Waals surface area contributed by atoms with E-state index < -0.39 is 9.84 Å². The minimum atomic E-state index is -3.51. The van der Waals surface area contributed by atoms with Crippen molar-refractivity contribution in [2.45, 2.75) is 24.8 Å². The van der Waals surface area contributed by atoms with Crippen LogP contribution in [0.1, 0.15) is 13.8 Å². The van der Waals surface area contributed by atoms with Crippen LogP contribution in [0, 0.1) is 0 Å². The molecule has 1 aromatic heterocycles. The van der Waals surface area contributed by atoms with E-state index in [1.54, 1.807) is 48.5 Å². The maximum absolute atomic E-state index is 12.5. The number of anilines is 2. The molecule has 0 bridgehead atoms. The molecule has 4 rings (SSSR count). The number of urea groups is 1. The number of amides is 2. The third-order valence-electron chi connectivity index (χ3n) is 5.51. The highest BCUT2D eigenvalue weighted by atomic mass is 32.2. The fourth-order valence-electron chi connectivity index (χ4n) is 3.78. The Hall–Kier alpha value is -3.57. The summed E-state index contributed by atoms with van der Waals surface area (Å²) in [6, 6.07) is 13.6. The van der Waals surface area contributed by atoms with Crippen molar-refractivity contribution in [3.05, 3.63) is 48.5 Å². The molecule has 1 aliphatic rings. The van der Waals surface area contributed by atoms with Gasteiger partial charge in [0.15, 0.2) is 21.5 Å². The smallest absolute Gasteiger partial charge is 0.319 e. The minimum Gasteiger partial charge on any atom is -0.377 e. The van der Waals surface area contributed by atoms with Gasteiger partial charge in [0, 0.05) is 36.2 Å². The van der Waals surface area contributed by atoms with Gasteiger partial charge in [-0.25, -0.2) is 18.2 Å². The molecule has 2 amide bonds. The van der Waals surface area contributed by atoms with Gasteiger partial charge < -0.3 is 20.3 Å². The molecule has 35 heavy (non-hydrogen) atoms. The van der Waals surface area contributed by atoms with Gasteiger partial charge in [0.05, 0.1) is 24.2 Å². The van der Waals surface area contributed by atoms with Crippen molar-refractivity contribution in [2.24, 2.45) is 0 Å². The first-order valence-corrected chi connectivity index (χ1v) is 13.2. The number of aromatic nitrogens is 3. The second-order valence-corrected chi connectivity index (χ2v) is 10.2. The van der Waals surface area contributed by atoms with E-state index in [9.17, 15) is 13.2 Å². The van der Waals surface area contributed by atoms with Gasteiger partial charge in [-0.15, -0.1) is 0 Å². The summed E-state index contributed by atoms with van der Waals surface area (Å²) in [6.07, 6.45) is 1.17. The molecule has 2 aromatic carbocycles. The van der Waals surface area contributed by atoms with Gasteiger partial charge >= 0.3 is 6.03 Å². The van der Waals surface area contributed by atoms with Crippen LogP contribution in [0.25, 0.3) is 22.8 Å². The Morgan fingerprint density at radius 2 is 1.80 bits per heavy atom. The lowest BCUT2D eigenvalue weighted by molar-refractivity contribution is 0.0981. The topological polar surface area (TPSA) is 126 Å². The number of rotatable bonds is 6. The molecule has 10 nitrogen and oxygen atoms in total. The first kappa shape index (κ1) is 24.6. The number of nitrogens with one attached hydrogen (secondary N) is 2. The molecule has 0 radical (unpaired) electrons. The van der Waals surface area contributed by atoms with Crippen molar-refractivity contribution in [1.82, 2.24) is 20.3 Å².